The van der Waals surface area contributed by atoms with Crippen LogP contribution in [0.3, 0.4) is 0 Å². The van der Waals surface area contributed by atoms with E-state index in [-0.39, 0.29) is 12.4 Å². The number of nitrogens with zero attached hydrogens (tertiary/aromatic N) is 1. The fourth-order valence-electron chi connectivity index (χ4n) is 2.28. The molecule has 0 spiro atoms. The average molecular weight is 257 g/mol. The molecule has 1 aliphatic heterocycles. The van der Waals surface area contributed by atoms with E-state index in [9.17, 15) is 0 Å². The van der Waals surface area contributed by atoms with Gasteiger partial charge in [0.1, 0.15) is 5.75 Å². The van der Waals surface area contributed by atoms with Gasteiger partial charge in [-0.3, -0.25) is 4.90 Å². The zero-order chi connectivity index (χ0) is 11.4. The fraction of sp³-hybridized carbons (Fsp3) is 0.538. The zero-order valence-corrected chi connectivity index (χ0v) is 11.1. The first kappa shape index (κ1) is 14.3. The van der Waals surface area contributed by atoms with Crippen LogP contribution in [0.4, 0.5) is 0 Å². The van der Waals surface area contributed by atoms with Gasteiger partial charge in [0.15, 0.2) is 0 Å². The lowest BCUT2D eigenvalue weighted by Crippen LogP contribution is -2.22. The second kappa shape index (κ2) is 6.84. The average Bonchev–Trinajstić information content (AvgIpc) is 2.77. The zero-order valence-electron chi connectivity index (χ0n) is 10.3. The summed E-state index contributed by atoms with van der Waals surface area (Å²) >= 11 is 0. The Morgan fingerprint density at radius 1 is 1.47 bits per heavy atom. The van der Waals surface area contributed by atoms with Gasteiger partial charge in [-0.25, -0.2) is 0 Å². The van der Waals surface area contributed by atoms with E-state index in [0.29, 0.717) is 5.92 Å². The van der Waals surface area contributed by atoms with Crippen molar-refractivity contribution >= 4 is 12.4 Å². The Hall–Kier alpha value is -0.770. The number of benzene rings is 1. The molecule has 2 rings (SSSR count). The van der Waals surface area contributed by atoms with E-state index < -0.39 is 0 Å². The number of ether oxygens (including phenoxy) is 1. The molecule has 1 fully saturated rings. The van der Waals surface area contributed by atoms with Crippen molar-refractivity contribution in [3.05, 3.63) is 29.8 Å². The van der Waals surface area contributed by atoms with Crippen molar-refractivity contribution in [3.8, 4) is 5.75 Å². The Morgan fingerprint density at radius 3 is 2.94 bits per heavy atom. The molecule has 0 saturated carbocycles. The van der Waals surface area contributed by atoms with Crippen LogP contribution in [-0.4, -0.2) is 31.6 Å². The van der Waals surface area contributed by atoms with Crippen LogP contribution in [0.5, 0.6) is 5.75 Å². The van der Waals surface area contributed by atoms with Crippen molar-refractivity contribution in [1.29, 1.82) is 0 Å². The Balaban J connectivity index is 0.00000144. The molecule has 1 atom stereocenters. The monoisotopic (exact) mass is 256 g/mol. The molecule has 1 saturated heterocycles. The van der Waals surface area contributed by atoms with E-state index in [0.717, 1.165) is 25.4 Å². The summed E-state index contributed by atoms with van der Waals surface area (Å²) in [7, 11) is 1.71. The first-order valence-electron chi connectivity index (χ1n) is 5.87. The number of hydrogen-bond acceptors (Lipinski definition) is 3. The van der Waals surface area contributed by atoms with Crippen LogP contribution < -0.4 is 10.5 Å². The molecule has 1 heterocycles. The number of methoxy groups -OCH3 is 1. The van der Waals surface area contributed by atoms with Crippen LogP contribution in [0.2, 0.25) is 0 Å². The summed E-state index contributed by atoms with van der Waals surface area (Å²) in [6, 6.07) is 8.29. The van der Waals surface area contributed by atoms with Crippen molar-refractivity contribution in [1.82, 2.24) is 4.90 Å². The van der Waals surface area contributed by atoms with Gasteiger partial charge in [0, 0.05) is 13.1 Å². The standard InChI is InChI=1S/C13H20N2O.ClH/c1-16-13-4-2-3-11(7-13)9-15-6-5-12(8-14)10-15;/h2-4,7,12H,5-6,8-10,14H2,1H3;1H. The Bertz CT molecular complexity index is 346. The van der Waals surface area contributed by atoms with Crippen molar-refractivity contribution in [2.45, 2.75) is 13.0 Å². The molecule has 1 unspecified atom stereocenters. The van der Waals surface area contributed by atoms with E-state index in [4.69, 9.17) is 10.5 Å². The predicted molar refractivity (Wildman–Crippen MR) is 72.7 cm³/mol. The molecule has 0 amide bonds. The minimum absolute atomic E-state index is 0. The summed E-state index contributed by atoms with van der Waals surface area (Å²) in [5.74, 6) is 1.62. The number of nitrogens with two attached hydrogens (primary N) is 1. The lowest BCUT2D eigenvalue weighted by Gasteiger charge is -2.16. The van der Waals surface area contributed by atoms with Crippen LogP contribution in [-0.2, 0) is 6.54 Å². The summed E-state index contributed by atoms with van der Waals surface area (Å²) in [6.07, 6.45) is 1.24. The molecule has 0 aromatic heterocycles. The van der Waals surface area contributed by atoms with Gasteiger partial charge in [-0.2, -0.15) is 0 Å². The third-order valence-electron chi connectivity index (χ3n) is 3.24. The second-order valence-electron chi connectivity index (χ2n) is 4.48. The van der Waals surface area contributed by atoms with Gasteiger partial charge in [-0.1, -0.05) is 12.1 Å². The summed E-state index contributed by atoms with van der Waals surface area (Å²) in [5.41, 5.74) is 7.01. The number of likely N-dealkylation sites (tertiary alicyclic amines) is 1. The molecule has 0 bridgehead atoms. The van der Waals surface area contributed by atoms with Crippen molar-refractivity contribution in [2.24, 2.45) is 11.7 Å². The van der Waals surface area contributed by atoms with Gasteiger partial charge in [0.05, 0.1) is 7.11 Å². The van der Waals surface area contributed by atoms with Crippen LogP contribution in [0.1, 0.15) is 12.0 Å². The van der Waals surface area contributed by atoms with Crippen molar-refractivity contribution in [2.75, 3.05) is 26.7 Å². The molecule has 1 aliphatic rings. The molecular formula is C13H21ClN2O. The van der Waals surface area contributed by atoms with Crippen LogP contribution in [0.15, 0.2) is 24.3 Å². The fourth-order valence-corrected chi connectivity index (χ4v) is 2.28. The van der Waals surface area contributed by atoms with Gasteiger partial charge in [-0.15, -0.1) is 12.4 Å². The maximum Gasteiger partial charge on any atom is 0.119 e. The third kappa shape index (κ3) is 3.87. The summed E-state index contributed by atoms with van der Waals surface area (Å²) in [5, 5.41) is 0. The maximum atomic E-state index is 5.69. The lowest BCUT2D eigenvalue weighted by molar-refractivity contribution is 0.317. The highest BCUT2D eigenvalue weighted by Crippen LogP contribution is 2.19. The molecule has 17 heavy (non-hydrogen) atoms. The minimum atomic E-state index is 0. The summed E-state index contributed by atoms with van der Waals surface area (Å²) in [4.78, 5) is 2.46. The van der Waals surface area contributed by atoms with E-state index in [1.54, 1.807) is 7.11 Å². The van der Waals surface area contributed by atoms with Gasteiger partial charge in [0.25, 0.3) is 0 Å². The summed E-state index contributed by atoms with van der Waals surface area (Å²) in [6.45, 7) is 4.12. The molecule has 0 radical (unpaired) electrons. The molecule has 2 N–H and O–H groups in total. The maximum absolute atomic E-state index is 5.69. The molecule has 0 aliphatic carbocycles. The quantitative estimate of drug-likeness (QED) is 0.894. The first-order valence-corrected chi connectivity index (χ1v) is 5.87. The lowest BCUT2D eigenvalue weighted by atomic mass is 10.1. The van der Waals surface area contributed by atoms with Gasteiger partial charge >= 0.3 is 0 Å². The predicted octanol–water partition coefficient (Wildman–Crippen LogP) is 1.90. The Morgan fingerprint density at radius 2 is 2.29 bits per heavy atom. The van der Waals surface area contributed by atoms with E-state index in [2.05, 4.69) is 17.0 Å². The molecule has 3 nitrogen and oxygen atoms in total. The van der Waals surface area contributed by atoms with Gasteiger partial charge in [0.2, 0.25) is 0 Å². The second-order valence-corrected chi connectivity index (χ2v) is 4.48. The van der Waals surface area contributed by atoms with Crippen LogP contribution in [0, 0.1) is 5.92 Å². The number of rotatable bonds is 4. The minimum Gasteiger partial charge on any atom is -0.497 e. The SMILES string of the molecule is COc1cccc(CN2CCC(CN)C2)c1.Cl. The molecule has 4 heteroatoms. The van der Waals surface area contributed by atoms with Crippen LogP contribution in [0.25, 0.3) is 0 Å². The Kier molecular flexibility index (Phi) is 5.75. The van der Waals surface area contributed by atoms with Gasteiger partial charge < -0.3 is 10.5 Å². The van der Waals surface area contributed by atoms with Crippen LogP contribution >= 0.6 is 12.4 Å². The molecule has 1 aromatic rings. The number of halogens is 1. The van der Waals surface area contributed by atoms with E-state index in [1.165, 1.54) is 18.5 Å². The third-order valence-corrected chi connectivity index (χ3v) is 3.24. The molecular weight excluding hydrogens is 236 g/mol. The Labute approximate surface area is 109 Å². The topological polar surface area (TPSA) is 38.5 Å². The van der Waals surface area contributed by atoms with E-state index in [1.807, 2.05) is 12.1 Å². The highest BCUT2D eigenvalue weighted by molar-refractivity contribution is 5.85. The number of hydrogen-bond donors (Lipinski definition) is 1. The van der Waals surface area contributed by atoms with E-state index >= 15 is 0 Å². The molecule has 1 aromatic carbocycles. The summed E-state index contributed by atoms with van der Waals surface area (Å²) < 4.78 is 5.22. The first-order chi connectivity index (χ1) is 7.81. The van der Waals surface area contributed by atoms with Crippen molar-refractivity contribution in [3.63, 3.8) is 0 Å². The highest BCUT2D eigenvalue weighted by atomic mass is 35.5. The van der Waals surface area contributed by atoms with Crippen molar-refractivity contribution < 1.29 is 4.74 Å². The largest absolute Gasteiger partial charge is 0.497 e. The molecule has 96 valence electrons. The van der Waals surface area contributed by atoms with Gasteiger partial charge in [-0.05, 0) is 43.1 Å². The smallest absolute Gasteiger partial charge is 0.119 e. The normalized spacial score (nSPS) is 20.0. The highest BCUT2D eigenvalue weighted by Gasteiger charge is 2.20.